The molecule has 0 bridgehead atoms. The van der Waals surface area contributed by atoms with Crippen molar-refractivity contribution in [2.75, 3.05) is 40.3 Å². The maximum Gasteiger partial charge on any atom is 0.251 e. The highest BCUT2D eigenvalue weighted by Gasteiger charge is 2.26. The molecule has 1 aliphatic rings. The summed E-state index contributed by atoms with van der Waals surface area (Å²) < 4.78 is 0. The van der Waals surface area contributed by atoms with E-state index in [4.69, 9.17) is 5.73 Å². The molecule has 3 N–H and O–H groups in total. The minimum atomic E-state index is -0.308. The first kappa shape index (κ1) is 15.5. The maximum atomic E-state index is 11.7. The van der Waals surface area contributed by atoms with Crippen LogP contribution in [0, 0.1) is 0 Å². The molecule has 1 aliphatic heterocycles. The van der Waals surface area contributed by atoms with E-state index in [1.54, 1.807) is 13.1 Å². The third-order valence-corrected chi connectivity index (χ3v) is 3.87. The summed E-state index contributed by atoms with van der Waals surface area (Å²) >= 11 is 0. The molecule has 1 atom stereocenters. The molecule has 0 spiro atoms. The Morgan fingerprint density at radius 2 is 2.14 bits per heavy atom. The topological polar surface area (TPSA) is 78.7 Å². The zero-order valence-corrected chi connectivity index (χ0v) is 12.5. The summed E-state index contributed by atoms with van der Waals surface area (Å²) in [5.41, 5.74) is 7.00. The van der Waals surface area contributed by atoms with Gasteiger partial charge in [0, 0.05) is 38.3 Å². The third kappa shape index (κ3) is 3.80. The Morgan fingerprint density at radius 3 is 2.81 bits per heavy atom. The second-order valence-electron chi connectivity index (χ2n) is 5.40. The minimum absolute atomic E-state index is 0.0932. The minimum Gasteiger partial charge on any atom is -0.369 e. The molecule has 0 radical (unpaired) electrons. The van der Waals surface area contributed by atoms with Crippen molar-refractivity contribution < 1.29 is 9.59 Å². The summed E-state index contributed by atoms with van der Waals surface area (Å²) in [5.74, 6) is -0.401. The van der Waals surface area contributed by atoms with E-state index in [9.17, 15) is 9.59 Å². The van der Waals surface area contributed by atoms with Gasteiger partial charge in [0.05, 0.1) is 6.54 Å². The number of nitrogens with zero attached hydrogens (tertiary/aromatic N) is 2. The predicted molar refractivity (Wildman–Crippen MR) is 80.8 cm³/mol. The van der Waals surface area contributed by atoms with Crippen molar-refractivity contribution in [2.45, 2.75) is 6.04 Å². The van der Waals surface area contributed by atoms with Crippen LogP contribution in [-0.4, -0.2) is 61.9 Å². The fourth-order valence-corrected chi connectivity index (χ4v) is 2.69. The number of likely N-dealkylation sites (N-methyl/N-ethyl adjacent to an activating group) is 1. The lowest BCUT2D eigenvalue weighted by molar-refractivity contribution is -0.119. The van der Waals surface area contributed by atoms with Crippen LogP contribution in [0.25, 0.3) is 0 Å². The normalized spacial score (nSPS) is 20.2. The van der Waals surface area contributed by atoms with Crippen molar-refractivity contribution in [3.63, 3.8) is 0 Å². The quantitative estimate of drug-likeness (QED) is 0.806. The summed E-state index contributed by atoms with van der Waals surface area (Å²) in [5, 5.41) is 2.63. The zero-order chi connectivity index (χ0) is 15.4. The molecule has 1 saturated heterocycles. The number of carbonyl (C=O) groups is 2. The van der Waals surface area contributed by atoms with Gasteiger partial charge in [-0.15, -0.1) is 0 Å². The van der Waals surface area contributed by atoms with Crippen LogP contribution < -0.4 is 11.1 Å². The van der Waals surface area contributed by atoms with Crippen molar-refractivity contribution in [2.24, 2.45) is 5.73 Å². The zero-order valence-electron chi connectivity index (χ0n) is 12.5. The van der Waals surface area contributed by atoms with Gasteiger partial charge in [-0.3, -0.25) is 19.4 Å². The lowest BCUT2D eigenvalue weighted by Gasteiger charge is -2.39. The molecule has 6 nitrogen and oxygen atoms in total. The van der Waals surface area contributed by atoms with Crippen molar-refractivity contribution >= 4 is 11.8 Å². The third-order valence-electron chi connectivity index (χ3n) is 3.87. The Morgan fingerprint density at radius 1 is 1.38 bits per heavy atom. The van der Waals surface area contributed by atoms with Gasteiger partial charge in [0.15, 0.2) is 0 Å². The summed E-state index contributed by atoms with van der Waals surface area (Å²) in [6.07, 6.45) is 0. The van der Waals surface area contributed by atoms with Crippen molar-refractivity contribution in [3.05, 3.63) is 35.4 Å². The summed E-state index contributed by atoms with van der Waals surface area (Å²) in [6, 6.07) is 7.77. The van der Waals surface area contributed by atoms with Crippen LogP contribution in [0.1, 0.15) is 22.0 Å². The largest absolute Gasteiger partial charge is 0.369 e. The molecule has 1 heterocycles. The van der Waals surface area contributed by atoms with Crippen LogP contribution in [0.2, 0.25) is 0 Å². The van der Waals surface area contributed by atoms with Gasteiger partial charge in [0.25, 0.3) is 5.91 Å². The van der Waals surface area contributed by atoms with Gasteiger partial charge in [0.1, 0.15) is 0 Å². The van der Waals surface area contributed by atoms with Crippen LogP contribution in [0.4, 0.5) is 0 Å². The molecule has 0 aromatic heterocycles. The first-order valence-corrected chi connectivity index (χ1v) is 7.04. The number of piperazine rings is 1. The van der Waals surface area contributed by atoms with E-state index in [1.165, 1.54) is 0 Å². The molecular weight excluding hydrogens is 268 g/mol. The Hall–Kier alpha value is -1.92. The Bertz CT molecular complexity index is 532. The SMILES string of the molecule is CNC(=O)c1cccc(C2CN(CC(N)=O)CCN2C)c1. The van der Waals surface area contributed by atoms with E-state index in [0.717, 1.165) is 25.2 Å². The Balaban J connectivity index is 2.18. The number of nitrogens with one attached hydrogen (secondary N) is 1. The van der Waals surface area contributed by atoms with E-state index in [0.29, 0.717) is 5.56 Å². The van der Waals surface area contributed by atoms with E-state index in [-0.39, 0.29) is 24.4 Å². The molecule has 0 aliphatic carbocycles. The van der Waals surface area contributed by atoms with Gasteiger partial charge in [0.2, 0.25) is 5.91 Å². The summed E-state index contributed by atoms with van der Waals surface area (Å²) in [6.45, 7) is 2.70. The van der Waals surface area contributed by atoms with Crippen LogP contribution >= 0.6 is 0 Å². The second-order valence-corrected chi connectivity index (χ2v) is 5.40. The average Bonchev–Trinajstić information content (AvgIpc) is 2.48. The molecule has 1 aromatic rings. The lowest BCUT2D eigenvalue weighted by atomic mass is 10.00. The number of benzene rings is 1. The van der Waals surface area contributed by atoms with Crippen LogP contribution in [0.5, 0.6) is 0 Å². The monoisotopic (exact) mass is 290 g/mol. The van der Waals surface area contributed by atoms with Crippen molar-refractivity contribution in [1.82, 2.24) is 15.1 Å². The predicted octanol–water partition coefficient (Wildman–Crippen LogP) is -0.180. The Kier molecular flexibility index (Phi) is 4.93. The molecule has 114 valence electrons. The van der Waals surface area contributed by atoms with Crippen LogP contribution in [-0.2, 0) is 4.79 Å². The molecule has 21 heavy (non-hydrogen) atoms. The summed E-state index contributed by atoms with van der Waals surface area (Å²) in [7, 11) is 3.68. The van der Waals surface area contributed by atoms with E-state index >= 15 is 0 Å². The molecule has 0 saturated carbocycles. The van der Waals surface area contributed by atoms with Crippen molar-refractivity contribution in [1.29, 1.82) is 0 Å². The maximum absolute atomic E-state index is 11.7. The smallest absolute Gasteiger partial charge is 0.251 e. The highest BCUT2D eigenvalue weighted by atomic mass is 16.2. The van der Waals surface area contributed by atoms with Crippen LogP contribution in [0.15, 0.2) is 24.3 Å². The van der Waals surface area contributed by atoms with E-state index in [1.807, 2.05) is 18.2 Å². The molecule has 1 fully saturated rings. The molecule has 1 aromatic carbocycles. The summed E-state index contributed by atoms with van der Waals surface area (Å²) in [4.78, 5) is 27.1. The number of primary amides is 1. The second kappa shape index (κ2) is 6.69. The van der Waals surface area contributed by atoms with Crippen molar-refractivity contribution in [3.8, 4) is 0 Å². The van der Waals surface area contributed by atoms with Gasteiger partial charge >= 0.3 is 0 Å². The van der Waals surface area contributed by atoms with Crippen LogP contribution in [0.3, 0.4) is 0 Å². The van der Waals surface area contributed by atoms with Gasteiger partial charge in [-0.2, -0.15) is 0 Å². The molecule has 6 heteroatoms. The first-order chi connectivity index (χ1) is 10.0. The number of rotatable bonds is 4. The number of nitrogens with two attached hydrogens (primary N) is 1. The van der Waals surface area contributed by atoms with Gasteiger partial charge < -0.3 is 11.1 Å². The van der Waals surface area contributed by atoms with Gasteiger partial charge in [-0.1, -0.05) is 12.1 Å². The average molecular weight is 290 g/mol. The fourth-order valence-electron chi connectivity index (χ4n) is 2.69. The standard InChI is InChI=1S/C15H22N4O2/c1-17-15(21)12-5-3-4-11(8-12)13-9-19(10-14(16)20)7-6-18(13)2/h3-5,8,13H,6-7,9-10H2,1-2H3,(H2,16,20)(H,17,21). The molecular formula is C15H22N4O2. The lowest BCUT2D eigenvalue weighted by Crippen LogP contribution is -2.49. The fraction of sp³-hybridized carbons (Fsp3) is 0.467. The Labute approximate surface area is 124 Å². The number of amides is 2. The number of hydrogen-bond acceptors (Lipinski definition) is 4. The number of carbonyl (C=O) groups excluding carboxylic acids is 2. The van der Waals surface area contributed by atoms with E-state index in [2.05, 4.69) is 22.2 Å². The number of hydrogen-bond donors (Lipinski definition) is 2. The highest BCUT2D eigenvalue weighted by Crippen LogP contribution is 2.24. The van der Waals surface area contributed by atoms with Gasteiger partial charge in [-0.05, 0) is 24.7 Å². The molecule has 2 rings (SSSR count). The first-order valence-electron chi connectivity index (χ1n) is 7.04. The highest BCUT2D eigenvalue weighted by molar-refractivity contribution is 5.94. The molecule has 1 unspecified atom stereocenters. The van der Waals surface area contributed by atoms with Gasteiger partial charge in [-0.25, -0.2) is 0 Å². The van der Waals surface area contributed by atoms with E-state index < -0.39 is 0 Å². The molecule has 2 amide bonds.